The van der Waals surface area contributed by atoms with Crippen molar-refractivity contribution in [3.63, 3.8) is 0 Å². The van der Waals surface area contributed by atoms with Gasteiger partial charge in [0.05, 0.1) is 5.69 Å². The predicted octanol–water partition coefficient (Wildman–Crippen LogP) is 5.20. The van der Waals surface area contributed by atoms with Gasteiger partial charge in [0.2, 0.25) is 0 Å². The number of anilines is 3. The second-order valence-electron chi connectivity index (χ2n) is 7.65. The molecule has 3 heterocycles. The van der Waals surface area contributed by atoms with Crippen molar-refractivity contribution in [1.29, 1.82) is 0 Å². The molecule has 0 aliphatic carbocycles. The molecule has 1 saturated heterocycles. The number of benzene rings is 2. The van der Waals surface area contributed by atoms with Crippen LogP contribution in [-0.4, -0.2) is 11.0 Å². The first kappa shape index (κ1) is 18.1. The maximum Gasteiger partial charge on any atom is 0.273 e. The summed E-state index contributed by atoms with van der Waals surface area (Å²) in [4.78, 5) is 15.4. The first-order valence-corrected chi connectivity index (χ1v) is 10.6. The van der Waals surface area contributed by atoms with Crippen molar-refractivity contribution in [1.82, 2.24) is 10.6 Å². The van der Waals surface area contributed by atoms with Crippen LogP contribution < -0.4 is 15.5 Å². The molecule has 3 aromatic rings. The molecule has 144 valence electrons. The maximum absolute atomic E-state index is 12.1. The van der Waals surface area contributed by atoms with E-state index in [1.165, 1.54) is 21.8 Å². The van der Waals surface area contributed by atoms with Crippen molar-refractivity contribution in [2.24, 2.45) is 0 Å². The summed E-state index contributed by atoms with van der Waals surface area (Å²) in [7, 11) is 0. The summed E-state index contributed by atoms with van der Waals surface area (Å²) >= 11 is 6.73. The Balaban J connectivity index is 1.71. The number of amides is 1. The fraction of sp³-hybridized carbons (Fsp3) is 0.130. The Kier molecular flexibility index (Phi) is 4.08. The number of hydrogen-bond donors (Lipinski definition) is 2. The summed E-state index contributed by atoms with van der Waals surface area (Å²) < 4.78 is 0. The van der Waals surface area contributed by atoms with Gasteiger partial charge in [-0.25, -0.2) is 0 Å². The molecule has 0 atom stereocenters. The Bertz CT molecular complexity index is 1180. The number of nitrogens with one attached hydrogen (secondary N) is 2. The molecule has 0 bridgehead atoms. The zero-order chi connectivity index (χ0) is 20.2. The predicted molar refractivity (Wildman–Crippen MR) is 123 cm³/mol. The Morgan fingerprint density at radius 1 is 1.00 bits per heavy atom. The van der Waals surface area contributed by atoms with E-state index in [2.05, 4.69) is 84.0 Å². The van der Waals surface area contributed by atoms with Crippen LogP contribution in [0, 0.1) is 0 Å². The zero-order valence-electron chi connectivity index (χ0n) is 16.0. The lowest BCUT2D eigenvalue weighted by atomic mass is 9.75. The highest BCUT2D eigenvalue weighted by Gasteiger charge is 2.38. The van der Waals surface area contributed by atoms with Crippen molar-refractivity contribution >= 4 is 57.0 Å². The highest BCUT2D eigenvalue weighted by atomic mass is 32.1. The first-order chi connectivity index (χ1) is 13.9. The van der Waals surface area contributed by atoms with Crippen molar-refractivity contribution in [3.05, 3.63) is 82.4 Å². The molecule has 5 rings (SSSR count). The van der Waals surface area contributed by atoms with E-state index in [0.29, 0.717) is 10.8 Å². The van der Waals surface area contributed by atoms with Crippen LogP contribution in [0.25, 0.3) is 6.08 Å². The van der Waals surface area contributed by atoms with E-state index in [9.17, 15) is 4.79 Å². The Morgan fingerprint density at radius 2 is 1.72 bits per heavy atom. The molecule has 2 aliphatic heterocycles. The summed E-state index contributed by atoms with van der Waals surface area (Å²) in [6, 6.07) is 21.1. The van der Waals surface area contributed by atoms with Gasteiger partial charge in [0.25, 0.3) is 5.91 Å². The van der Waals surface area contributed by atoms with Crippen LogP contribution in [0.15, 0.2) is 66.4 Å². The van der Waals surface area contributed by atoms with Crippen LogP contribution in [0.5, 0.6) is 0 Å². The van der Waals surface area contributed by atoms with Crippen LogP contribution in [0.4, 0.5) is 16.4 Å². The van der Waals surface area contributed by atoms with Crippen LogP contribution in [0.3, 0.4) is 0 Å². The Hall–Kier alpha value is -2.96. The topological polar surface area (TPSA) is 44.4 Å². The van der Waals surface area contributed by atoms with Gasteiger partial charge >= 0.3 is 0 Å². The molecule has 1 aromatic heterocycles. The van der Waals surface area contributed by atoms with E-state index >= 15 is 0 Å². The largest absolute Gasteiger partial charge is 0.328 e. The first-order valence-electron chi connectivity index (χ1n) is 9.38. The van der Waals surface area contributed by atoms with Gasteiger partial charge in [-0.3, -0.25) is 10.1 Å². The normalized spacial score (nSPS) is 18.3. The van der Waals surface area contributed by atoms with Crippen LogP contribution >= 0.6 is 23.6 Å². The molecule has 2 aliphatic rings. The Labute approximate surface area is 178 Å². The van der Waals surface area contributed by atoms with Crippen LogP contribution in [0.2, 0.25) is 0 Å². The number of rotatable bonds is 2. The molecule has 29 heavy (non-hydrogen) atoms. The molecule has 2 aromatic carbocycles. The van der Waals surface area contributed by atoms with Gasteiger partial charge in [-0.2, -0.15) is 0 Å². The number of para-hydroxylation sites is 2. The number of hydrogen-bond acceptors (Lipinski definition) is 4. The van der Waals surface area contributed by atoms with E-state index < -0.39 is 0 Å². The molecular formula is C23H19N3OS2. The third-order valence-corrected chi connectivity index (χ3v) is 6.72. The molecule has 6 heteroatoms. The van der Waals surface area contributed by atoms with Gasteiger partial charge in [-0.15, -0.1) is 11.3 Å². The van der Waals surface area contributed by atoms with Crippen LogP contribution in [-0.2, 0) is 10.2 Å². The highest BCUT2D eigenvalue weighted by molar-refractivity contribution is 7.80. The number of carbonyl (C=O) groups is 1. The summed E-state index contributed by atoms with van der Waals surface area (Å²) in [5.41, 5.74) is 5.18. The minimum absolute atomic E-state index is 0.148. The third-order valence-electron chi connectivity index (χ3n) is 5.45. The maximum atomic E-state index is 12.1. The molecule has 0 saturated carbocycles. The molecule has 1 amide bonds. The van der Waals surface area contributed by atoms with Gasteiger partial charge in [-0.05, 0) is 53.7 Å². The zero-order valence-corrected chi connectivity index (χ0v) is 17.7. The molecule has 0 spiro atoms. The molecule has 2 N–H and O–H groups in total. The third kappa shape index (κ3) is 2.87. The monoisotopic (exact) mass is 417 g/mol. The molecule has 0 radical (unpaired) electrons. The lowest BCUT2D eigenvalue weighted by molar-refractivity contribution is -0.115. The number of thiocarbonyl (C=S) groups is 1. The number of fused-ring (bicyclic) bond motifs is 2. The number of nitrogens with zero attached hydrogens (tertiary/aromatic N) is 1. The van der Waals surface area contributed by atoms with E-state index in [4.69, 9.17) is 12.2 Å². The quantitative estimate of drug-likeness (QED) is 0.444. The van der Waals surface area contributed by atoms with E-state index in [1.54, 1.807) is 11.3 Å². The van der Waals surface area contributed by atoms with Crippen molar-refractivity contribution < 1.29 is 4.79 Å². The average Bonchev–Trinajstić information content (AvgIpc) is 3.26. The second kappa shape index (κ2) is 6.54. The fourth-order valence-electron chi connectivity index (χ4n) is 3.99. The van der Waals surface area contributed by atoms with Gasteiger partial charge in [-0.1, -0.05) is 50.2 Å². The van der Waals surface area contributed by atoms with E-state index in [0.717, 1.165) is 10.6 Å². The van der Waals surface area contributed by atoms with Crippen molar-refractivity contribution in [2.75, 3.05) is 4.90 Å². The molecule has 4 nitrogen and oxygen atoms in total. The van der Waals surface area contributed by atoms with Gasteiger partial charge in [0.15, 0.2) is 5.11 Å². The summed E-state index contributed by atoms with van der Waals surface area (Å²) in [6.07, 6.45) is 1.88. The minimum Gasteiger partial charge on any atom is -0.328 e. The van der Waals surface area contributed by atoms with Gasteiger partial charge in [0.1, 0.15) is 10.7 Å². The lowest BCUT2D eigenvalue weighted by Gasteiger charge is -2.39. The average molecular weight is 418 g/mol. The van der Waals surface area contributed by atoms with E-state index in [1.807, 2.05) is 12.1 Å². The summed E-state index contributed by atoms with van der Waals surface area (Å²) in [6.45, 7) is 4.51. The van der Waals surface area contributed by atoms with Gasteiger partial charge < -0.3 is 10.2 Å². The minimum atomic E-state index is -0.191. The standard InChI is InChI=1S/C23H19N3OS2/c1-23(2)16-10-6-7-11-19(16)26(14-8-4-3-5-9-14)21-17(23)12-15(29-21)13-18-20(27)25-22(28)24-18/h3-13H,1-2H3,(H2,24,25,27,28)/b18-13+. The number of carbonyl (C=O) groups excluding carboxylic acids is 1. The number of thiophene rings is 1. The smallest absolute Gasteiger partial charge is 0.273 e. The Morgan fingerprint density at radius 3 is 2.45 bits per heavy atom. The van der Waals surface area contributed by atoms with Crippen LogP contribution in [0.1, 0.15) is 29.9 Å². The van der Waals surface area contributed by atoms with Crippen molar-refractivity contribution in [3.8, 4) is 0 Å². The van der Waals surface area contributed by atoms with Gasteiger partial charge in [0, 0.05) is 16.0 Å². The van der Waals surface area contributed by atoms with Crippen molar-refractivity contribution in [2.45, 2.75) is 19.3 Å². The highest BCUT2D eigenvalue weighted by Crippen LogP contribution is 2.54. The molecule has 0 unspecified atom stereocenters. The summed E-state index contributed by atoms with van der Waals surface area (Å²) in [5.74, 6) is -0.191. The fourth-order valence-corrected chi connectivity index (χ4v) is 5.49. The summed E-state index contributed by atoms with van der Waals surface area (Å²) in [5, 5.41) is 7.08. The van der Waals surface area contributed by atoms with E-state index in [-0.39, 0.29) is 11.3 Å². The molecular weight excluding hydrogens is 398 g/mol. The molecule has 1 fully saturated rings. The SMILES string of the molecule is CC1(C)c2ccccc2N(c2ccccc2)c2sc(/C=C3/NC(=S)NC3=O)cc21. The second-order valence-corrected chi connectivity index (χ2v) is 9.12. The lowest BCUT2D eigenvalue weighted by Crippen LogP contribution is -2.29.